The molecular weight excluding hydrogens is 2060 g/mol. The monoisotopic (exact) mass is 2150 g/mol. The van der Waals surface area contributed by atoms with E-state index < -0.39 is 0 Å². The average Bonchev–Trinajstić information content (AvgIpc) is 0.824. The van der Waals surface area contributed by atoms with Gasteiger partial charge in [-0.2, -0.15) is 0 Å². The van der Waals surface area contributed by atoms with E-state index in [2.05, 4.69) is 195 Å². The normalized spacial score (nSPS) is 10.4. The third-order valence-electron chi connectivity index (χ3n) is 14.6. The van der Waals surface area contributed by atoms with Gasteiger partial charge in [0.05, 0.1) is 28.6 Å². The van der Waals surface area contributed by atoms with Crippen LogP contribution in [0.25, 0.3) is 89.3 Å². The molecule has 0 spiro atoms. The van der Waals surface area contributed by atoms with Gasteiger partial charge in [-0.05, 0) is 168 Å². The number of pyridine rings is 4. The van der Waals surface area contributed by atoms with Crippen LogP contribution in [0.2, 0.25) is 0 Å². The quantitative estimate of drug-likeness (QED) is 0.0543. The number of ketones is 4. The van der Waals surface area contributed by atoms with E-state index in [-0.39, 0.29) is 127 Å². The molecule has 0 atom stereocenters. The summed E-state index contributed by atoms with van der Waals surface area (Å²) >= 11 is 0. The zero-order valence-electron chi connectivity index (χ0n) is 62.9. The maximum atomic E-state index is 10.0. The number of aliphatic hydroxyl groups excluding tert-OH is 4. The van der Waals surface area contributed by atoms with Gasteiger partial charge in [0.2, 0.25) is 0 Å². The first-order valence-electron chi connectivity index (χ1n) is 33.5. The van der Waals surface area contributed by atoms with Gasteiger partial charge in [0.25, 0.3) is 0 Å². The summed E-state index contributed by atoms with van der Waals surface area (Å²) in [5, 5.41) is 34.6. The second-order valence-electron chi connectivity index (χ2n) is 24.4. The molecule has 4 N–H and O–H groups in total. The minimum Gasteiger partial charge on any atom is -0.512 e. The first-order chi connectivity index (χ1) is 49.6. The van der Waals surface area contributed by atoms with Crippen molar-refractivity contribution in [3.8, 4) is 78.4 Å². The number of hydrogen-bond donors (Lipinski definition) is 4. The molecule has 566 valence electrons. The summed E-state index contributed by atoms with van der Waals surface area (Å²) in [5.74, 6) is -0.250. The number of nitrogens with zero attached hydrogens (tertiary/aromatic N) is 4. The van der Waals surface area contributed by atoms with Crippen LogP contribution in [0.1, 0.15) is 88.8 Å². The van der Waals surface area contributed by atoms with Crippen molar-refractivity contribution in [1.29, 1.82) is 0 Å². The zero-order chi connectivity index (χ0) is 76.1. The van der Waals surface area contributed by atoms with E-state index in [0.29, 0.717) is 0 Å². The molecule has 16 heteroatoms. The Labute approximate surface area is 691 Å². The first kappa shape index (κ1) is 96.1. The van der Waals surface area contributed by atoms with Gasteiger partial charge in [-0.1, -0.05) is 153 Å². The van der Waals surface area contributed by atoms with Crippen molar-refractivity contribution in [2.75, 3.05) is 0 Å². The Kier molecular flexibility index (Phi) is 45.7. The largest absolute Gasteiger partial charge is 0.512 e. The molecule has 0 aliphatic heterocycles. The van der Waals surface area contributed by atoms with Crippen LogP contribution in [0.3, 0.4) is 0 Å². The molecule has 8 aromatic carbocycles. The number of fused-ring (bicyclic) bond motifs is 1. The van der Waals surface area contributed by atoms with Crippen LogP contribution < -0.4 is 0 Å². The summed E-state index contributed by atoms with van der Waals surface area (Å²) in [6, 6.07) is 89.4. The number of allylic oxidation sites excluding steroid dienone is 8. The Morgan fingerprint density at radius 1 is 0.315 bits per heavy atom. The van der Waals surface area contributed by atoms with Gasteiger partial charge in [0.15, 0.2) is 23.1 Å². The van der Waals surface area contributed by atoms with E-state index in [0.717, 1.165) is 50.5 Å². The minimum absolute atomic E-state index is 0. The SMILES string of the molecule is CC(=O)C=C(C)O.CC(=O)C=C(C)O.CC(=O)C=C(C)O.CC(=O)C=C(C)O.Cc1c[c-]c(-c2ccc3ccccc3n2)cc1C.Cc1cc[c-]c(-c2cc(-c3ccccc3)ccn2)c1.Cc1ccc(-c2ccnc(-c3[c-]cccc3)c2)c(C)c1.Cc1ccc(-c2ccnc(-c3[c-]cccc3)c2)cc1.[Ir].[Ir].[Ir].[Ir]. The molecule has 12 rings (SSSR count). The number of benzene rings is 8. The predicted octanol–water partition coefficient (Wildman–Crippen LogP) is 22.3. The predicted molar refractivity (Wildman–Crippen MR) is 425 cm³/mol. The fourth-order valence-corrected chi connectivity index (χ4v) is 9.82. The van der Waals surface area contributed by atoms with Crippen molar-refractivity contribution >= 4 is 34.0 Å². The second kappa shape index (κ2) is 51.4. The topological polar surface area (TPSA) is 201 Å². The Morgan fingerprint density at radius 3 is 1.16 bits per heavy atom. The Balaban J connectivity index is 0.000000638. The van der Waals surface area contributed by atoms with E-state index in [1.54, 1.807) is 0 Å². The number of carbonyl (C=O) groups is 4. The third kappa shape index (κ3) is 36.6. The minimum atomic E-state index is -0.125. The second-order valence-corrected chi connectivity index (χ2v) is 24.4. The molecule has 4 aromatic heterocycles. The van der Waals surface area contributed by atoms with E-state index in [4.69, 9.17) is 20.4 Å². The molecule has 0 saturated heterocycles. The molecule has 0 aliphatic rings. The van der Waals surface area contributed by atoms with E-state index in [1.807, 2.05) is 134 Å². The van der Waals surface area contributed by atoms with Crippen LogP contribution >= 0.6 is 0 Å². The van der Waals surface area contributed by atoms with Crippen molar-refractivity contribution in [2.45, 2.75) is 96.9 Å². The summed E-state index contributed by atoms with van der Waals surface area (Å²) in [6.07, 6.45) is 10.2. The molecule has 0 unspecified atom stereocenters. The van der Waals surface area contributed by atoms with Crippen LogP contribution in [0.5, 0.6) is 0 Å². The van der Waals surface area contributed by atoms with Gasteiger partial charge in [0.1, 0.15) is 0 Å². The molecule has 4 heterocycles. The van der Waals surface area contributed by atoms with Crippen molar-refractivity contribution in [2.24, 2.45) is 0 Å². The zero-order valence-corrected chi connectivity index (χ0v) is 72.5. The van der Waals surface area contributed by atoms with Crippen LogP contribution in [0.4, 0.5) is 0 Å². The Morgan fingerprint density at radius 2 is 0.722 bits per heavy atom. The third-order valence-corrected chi connectivity index (χ3v) is 14.6. The maximum Gasteiger partial charge on any atom is 0.155 e. The Bertz CT molecular complexity index is 4780. The number of rotatable bonds is 11. The van der Waals surface area contributed by atoms with Gasteiger partial charge in [-0.3, -0.25) is 24.2 Å². The molecule has 0 fully saturated rings. The fourth-order valence-electron chi connectivity index (χ4n) is 9.82. The summed E-state index contributed by atoms with van der Waals surface area (Å²) < 4.78 is 0. The summed E-state index contributed by atoms with van der Waals surface area (Å²) in [4.78, 5) is 58.1. The molecule has 12 aromatic rings. The van der Waals surface area contributed by atoms with Crippen molar-refractivity contribution in [3.63, 3.8) is 0 Å². The van der Waals surface area contributed by atoms with E-state index >= 15 is 0 Å². The summed E-state index contributed by atoms with van der Waals surface area (Å²) in [7, 11) is 0. The van der Waals surface area contributed by atoms with Crippen molar-refractivity contribution < 1.29 is 120 Å². The number of aromatic nitrogens is 4. The van der Waals surface area contributed by atoms with Crippen LogP contribution in [-0.2, 0) is 99.6 Å². The molecule has 0 aliphatic carbocycles. The first-order valence-corrected chi connectivity index (χ1v) is 33.5. The van der Waals surface area contributed by atoms with Crippen LogP contribution in [0.15, 0.2) is 290 Å². The molecule has 108 heavy (non-hydrogen) atoms. The van der Waals surface area contributed by atoms with Crippen molar-refractivity contribution in [3.05, 3.63) is 348 Å². The fraction of sp³-hybridized carbons (Fsp3) is 0.152. The molecular formula is C92H90Ir4N4O8-4. The van der Waals surface area contributed by atoms with Crippen molar-refractivity contribution in [1.82, 2.24) is 19.9 Å². The standard InChI is InChI=1S/C19H16N.2C18H14N.C17H14N.4C5H8O2.4Ir/c1-14-8-9-18(15(2)12-14)17-10-11-20-19(13-17)16-6-4-3-5-7-16;1-14-6-5-9-17(12-14)18-13-16(10-11-19-18)15-7-3-2-4-8-15;1-14-7-9-15(10-8-14)17-11-12-19-18(13-17)16-5-3-2-4-6-16;1-12-7-8-15(11-13(12)2)17-10-9-14-5-3-4-6-16(14)18-17;4*1-4(6)3-5(2)7;;;;/h3-6,8-13H,1-2H3;2-8,10-13H,1H3;2-5,7-13H,1H3;3-7,9-11H,1-2H3;4*3,6H,1-2H3;;;;/q4*-1;;;;;;;;. The Hall–Kier alpha value is -9.94. The smallest absolute Gasteiger partial charge is 0.155 e. The number of aliphatic hydroxyl groups is 4. The van der Waals surface area contributed by atoms with Gasteiger partial charge in [0, 0.05) is 123 Å². The van der Waals surface area contributed by atoms with Gasteiger partial charge >= 0.3 is 0 Å². The van der Waals surface area contributed by atoms with Crippen LogP contribution in [-0.4, -0.2) is 63.5 Å². The molecule has 0 saturated carbocycles. The molecule has 12 nitrogen and oxygen atoms in total. The number of para-hydroxylation sites is 1. The van der Waals surface area contributed by atoms with Crippen LogP contribution in [0, 0.1) is 65.8 Å². The van der Waals surface area contributed by atoms with E-state index in [9.17, 15) is 19.2 Å². The molecule has 4 radical (unpaired) electrons. The molecule has 0 amide bonds. The number of aryl methyl sites for hydroxylation is 6. The average molecular weight is 2150 g/mol. The summed E-state index contributed by atoms with van der Waals surface area (Å²) in [5.41, 5.74) is 23.9. The van der Waals surface area contributed by atoms with Gasteiger partial charge in [-0.15, -0.1) is 142 Å². The molecule has 0 bridgehead atoms. The van der Waals surface area contributed by atoms with Gasteiger partial charge < -0.3 is 35.4 Å². The van der Waals surface area contributed by atoms with Gasteiger partial charge in [-0.25, -0.2) is 0 Å². The maximum absolute atomic E-state index is 10.0. The number of carbonyl (C=O) groups excluding carboxylic acids is 4. The summed E-state index contributed by atoms with van der Waals surface area (Å²) in [6.45, 7) is 24.1. The number of hydrogen-bond acceptors (Lipinski definition) is 12. The van der Waals surface area contributed by atoms with E-state index in [1.165, 1.54) is 152 Å².